The van der Waals surface area contributed by atoms with Crippen LogP contribution in [-0.2, 0) is 6.54 Å². The molecule has 1 aliphatic rings. The first-order valence-electron chi connectivity index (χ1n) is 9.63. The number of hydrogen-bond acceptors (Lipinski definition) is 4. The maximum Gasteiger partial charge on any atom is 0.191 e. The average molecular weight is 538 g/mol. The van der Waals surface area contributed by atoms with Gasteiger partial charge in [0, 0.05) is 51.3 Å². The van der Waals surface area contributed by atoms with Gasteiger partial charge in [0.2, 0.25) is 0 Å². The lowest BCUT2D eigenvalue weighted by atomic mass is 10.1. The molecule has 1 unspecified atom stereocenters. The van der Waals surface area contributed by atoms with Crippen molar-refractivity contribution in [3.05, 3.63) is 71.9 Å². The molecular formula is C21H25ClIN7. The second-order valence-corrected chi connectivity index (χ2v) is 7.32. The molecule has 3 heterocycles. The number of anilines is 1. The molecule has 158 valence electrons. The van der Waals surface area contributed by atoms with Gasteiger partial charge >= 0.3 is 0 Å². The number of pyridine rings is 1. The van der Waals surface area contributed by atoms with Crippen LogP contribution in [0.3, 0.4) is 0 Å². The van der Waals surface area contributed by atoms with Crippen LogP contribution in [0.2, 0.25) is 5.02 Å². The van der Waals surface area contributed by atoms with E-state index in [-0.39, 0.29) is 30.0 Å². The largest absolute Gasteiger partial charge is 0.353 e. The number of benzene rings is 1. The van der Waals surface area contributed by atoms with Crippen molar-refractivity contribution in [1.82, 2.24) is 25.2 Å². The predicted molar refractivity (Wildman–Crippen MR) is 132 cm³/mol. The Morgan fingerprint density at radius 2 is 2.10 bits per heavy atom. The summed E-state index contributed by atoms with van der Waals surface area (Å²) in [6.07, 6.45) is 8.31. The molecule has 2 N–H and O–H groups in total. The Morgan fingerprint density at radius 1 is 1.23 bits per heavy atom. The third-order valence-electron chi connectivity index (χ3n) is 5.01. The molecule has 0 saturated carbocycles. The van der Waals surface area contributed by atoms with E-state index in [9.17, 15) is 0 Å². The quantitative estimate of drug-likeness (QED) is 0.296. The highest BCUT2D eigenvalue weighted by atomic mass is 127. The van der Waals surface area contributed by atoms with Crippen molar-refractivity contribution in [3.8, 4) is 5.69 Å². The van der Waals surface area contributed by atoms with Crippen molar-refractivity contribution in [2.75, 3.05) is 25.0 Å². The summed E-state index contributed by atoms with van der Waals surface area (Å²) in [6.45, 7) is 2.41. The number of imidazole rings is 1. The molecule has 0 aliphatic carbocycles. The number of guanidine groups is 1. The lowest BCUT2D eigenvalue weighted by Gasteiger charge is -2.20. The van der Waals surface area contributed by atoms with Crippen LogP contribution in [0.4, 0.5) is 5.82 Å². The van der Waals surface area contributed by atoms with Gasteiger partial charge in [-0.2, -0.15) is 0 Å². The van der Waals surface area contributed by atoms with E-state index < -0.39 is 0 Å². The number of para-hydroxylation sites is 1. The predicted octanol–water partition coefficient (Wildman–Crippen LogP) is 3.48. The smallest absolute Gasteiger partial charge is 0.191 e. The van der Waals surface area contributed by atoms with Crippen molar-refractivity contribution < 1.29 is 0 Å². The minimum atomic E-state index is 0. The average Bonchev–Trinajstić information content (AvgIpc) is 3.44. The minimum absolute atomic E-state index is 0. The van der Waals surface area contributed by atoms with Crippen molar-refractivity contribution in [3.63, 3.8) is 0 Å². The topological polar surface area (TPSA) is 70.4 Å². The zero-order valence-corrected chi connectivity index (χ0v) is 19.8. The van der Waals surface area contributed by atoms with Gasteiger partial charge in [-0.25, -0.2) is 9.97 Å². The van der Waals surface area contributed by atoms with Crippen LogP contribution in [-0.4, -0.2) is 46.7 Å². The molecule has 1 fully saturated rings. The van der Waals surface area contributed by atoms with Gasteiger partial charge in [-0.1, -0.05) is 29.8 Å². The Morgan fingerprint density at radius 3 is 2.87 bits per heavy atom. The van der Waals surface area contributed by atoms with E-state index in [1.165, 1.54) is 5.56 Å². The molecule has 3 aromatic rings. The molecule has 1 aromatic carbocycles. The fraction of sp³-hybridized carbons (Fsp3) is 0.286. The summed E-state index contributed by atoms with van der Waals surface area (Å²) in [6, 6.07) is 12.3. The molecule has 1 saturated heterocycles. The Bertz CT molecular complexity index is 977. The third kappa shape index (κ3) is 5.23. The Kier molecular flexibility index (Phi) is 7.92. The van der Waals surface area contributed by atoms with Crippen LogP contribution >= 0.6 is 35.6 Å². The molecule has 2 aromatic heterocycles. The second-order valence-electron chi connectivity index (χ2n) is 6.91. The number of rotatable bonds is 5. The summed E-state index contributed by atoms with van der Waals surface area (Å²) in [5.41, 5.74) is 2.27. The molecule has 0 spiro atoms. The summed E-state index contributed by atoms with van der Waals surface area (Å²) in [5, 5.41) is 7.63. The highest BCUT2D eigenvalue weighted by molar-refractivity contribution is 14.0. The van der Waals surface area contributed by atoms with E-state index >= 15 is 0 Å². The highest BCUT2D eigenvalue weighted by Gasteiger charge is 2.25. The van der Waals surface area contributed by atoms with E-state index in [1.807, 2.05) is 41.4 Å². The molecule has 30 heavy (non-hydrogen) atoms. The molecule has 7 nitrogen and oxygen atoms in total. The fourth-order valence-corrected chi connectivity index (χ4v) is 3.80. The van der Waals surface area contributed by atoms with Crippen LogP contribution in [0, 0.1) is 0 Å². The van der Waals surface area contributed by atoms with Crippen LogP contribution in [0.15, 0.2) is 66.3 Å². The van der Waals surface area contributed by atoms with Gasteiger partial charge in [-0.15, -0.1) is 24.0 Å². The van der Waals surface area contributed by atoms with Crippen molar-refractivity contribution in [2.45, 2.75) is 19.0 Å². The second kappa shape index (κ2) is 10.6. The van der Waals surface area contributed by atoms with Gasteiger partial charge in [-0.05, 0) is 30.2 Å². The number of hydrogen-bond donors (Lipinski definition) is 2. The zero-order chi connectivity index (χ0) is 20.1. The van der Waals surface area contributed by atoms with Gasteiger partial charge in [0.25, 0.3) is 0 Å². The first-order chi connectivity index (χ1) is 14.2. The molecule has 1 atom stereocenters. The van der Waals surface area contributed by atoms with Gasteiger partial charge in [0.05, 0.1) is 17.0 Å². The fourth-order valence-electron chi connectivity index (χ4n) is 3.56. The maximum atomic E-state index is 6.29. The third-order valence-corrected chi connectivity index (χ3v) is 5.31. The molecule has 0 amide bonds. The Balaban J connectivity index is 0.00000256. The SMILES string of the molecule is CN=C(NCc1ccccc1-n1ccnc1)NC1CCN(c2ncccc2Cl)C1.I. The first-order valence-corrected chi connectivity index (χ1v) is 10.0. The van der Waals surface area contributed by atoms with E-state index in [0.717, 1.165) is 37.0 Å². The van der Waals surface area contributed by atoms with Gasteiger partial charge in [0.15, 0.2) is 5.96 Å². The molecule has 1 aliphatic heterocycles. The van der Waals surface area contributed by atoms with Crippen molar-refractivity contribution in [1.29, 1.82) is 0 Å². The van der Waals surface area contributed by atoms with E-state index in [0.29, 0.717) is 11.6 Å². The standard InChI is InChI=1S/C21H24ClN7.HI/c1-23-21(26-13-16-5-2-3-7-19(16)29-12-10-24-15-29)27-17-8-11-28(14-17)20-18(22)6-4-9-25-20;/h2-7,9-10,12,15,17H,8,11,13-14H2,1H3,(H2,23,26,27);1H. The number of nitrogens with one attached hydrogen (secondary N) is 2. The lowest BCUT2D eigenvalue weighted by Crippen LogP contribution is -2.44. The normalized spacial score (nSPS) is 16.3. The molecular weight excluding hydrogens is 513 g/mol. The molecule has 9 heteroatoms. The Labute approximate surface area is 198 Å². The summed E-state index contributed by atoms with van der Waals surface area (Å²) in [4.78, 5) is 15.2. The summed E-state index contributed by atoms with van der Waals surface area (Å²) < 4.78 is 2.01. The Hall–Kier alpha value is -2.33. The van der Waals surface area contributed by atoms with Crippen molar-refractivity contribution >= 4 is 47.4 Å². The van der Waals surface area contributed by atoms with E-state index in [2.05, 4.69) is 42.6 Å². The minimum Gasteiger partial charge on any atom is -0.353 e. The van der Waals surface area contributed by atoms with Crippen LogP contribution < -0.4 is 15.5 Å². The lowest BCUT2D eigenvalue weighted by molar-refractivity contribution is 0.648. The number of aromatic nitrogens is 3. The number of aliphatic imine (C=N–C) groups is 1. The van der Waals surface area contributed by atoms with Gasteiger partial charge in [0.1, 0.15) is 5.82 Å². The van der Waals surface area contributed by atoms with Crippen molar-refractivity contribution in [2.24, 2.45) is 4.99 Å². The maximum absolute atomic E-state index is 6.29. The zero-order valence-electron chi connectivity index (χ0n) is 16.7. The summed E-state index contributed by atoms with van der Waals surface area (Å²) >= 11 is 6.29. The van der Waals surface area contributed by atoms with Crippen LogP contribution in [0.1, 0.15) is 12.0 Å². The monoisotopic (exact) mass is 537 g/mol. The van der Waals surface area contributed by atoms with E-state index in [4.69, 9.17) is 11.6 Å². The highest BCUT2D eigenvalue weighted by Crippen LogP contribution is 2.25. The van der Waals surface area contributed by atoms with Crippen LogP contribution in [0.5, 0.6) is 0 Å². The summed E-state index contributed by atoms with van der Waals surface area (Å²) in [5.74, 6) is 1.63. The molecule has 4 rings (SSSR count). The summed E-state index contributed by atoms with van der Waals surface area (Å²) in [7, 11) is 1.79. The van der Waals surface area contributed by atoms with Gasteiger partial charge in [-0.3, -0.25) is 4.99 Å². The first kappa shape index (κ1) is 22.4. The molecule has 0 bridgehead atoms. The number of nitrogens with zero attached hydrogens (tertiary/aromatic N) is 5. The van der Waals surface area contributed by atoms with Gasteiger partial charge < -0.3 is 20.1 Å². The van der Waals surface area contributed by atoms with E-state index in [1.54, 1.807) is 19.4 Å². The number of halogens is 2. The molecule has 0 radical (unpaired) electrons. The van der Waals surface area contributed by atoms with Crippen LogP contribution in [0.25, 0.3) is 5.69 Å².